The SMILES string of the molecule is CC(C#N)(CC#N)c1ccc(F)cc1F. The van der Waals surface area contributed by atoms with E-state index in [1.165, 1.54) is 13.0 Å². The van der Waals surface area contributed by atoms with E-state index in [2.05, 4.69) is 0 Å². The molecule has 0 bridgehead atoms. The Hall–Kier alpha value is -1.94. The van der Waals surface area contributed by atoms with E-state index in [4.69, 9.17) is 10.5 Å². The summed E-state index contributed by atoms with van der Waals surface area (Å²) in [6, 6.07) is 6.67. The van der Waals surface area contributed by atoms with Crippen LogP contribution in [0.1, 0.15) is 18.9 Å². The van der Waals surface area contributed by atoms with Crippen molar-refractivity contribution in [3.8, 4) is 12.1 Å². The van der Waals surface area contributed by atoms with Gasteiger partial charge >= 0.3 is 0 Å². The van der Waals surface area contributed by atoms with E-state index in [0.29, 0.717) is 6.07 Å². The lowest BCUT2D eigenvalue weighted by Gasteiger charge is -2.18. The maximum atomic E-state index is 13.4. The zero-order chi connectivity index (χ0) is 11.5. The van der Waals surface area contributed by atoms with Gasteiger partial charge in [0.05, 0.1) is 24.0 Å². The summed E-state index contributed by atoms with van der Waals surface area (Å²) in [5.41, 5.74) is -1.18. The molecule has 0 N–H and O–H groups in total. The van der Waals surface area contributed by atoms with Crippen LogP contribution in [0.15, 0.2) is 18.2 Å². The molecule has 1 rings (SSSR count). The molecule has 15 heavy (non-hydrogen) atoms. The molecule has 76 valence electrons. The Kier molecular flexibility index (Phi) is 3.01. The summed E-state index contributed by atoms with van der Waals surface area (Å²) >= 11 is 0. The number of nitriles is 2. The summed E-state index contributed by atoms with van der Waals surface area (Å²) in [6.07, 6.45) is -0.133. The van der Waals surface area contributed by atoms with Gasteiger partial charge in [0.1, 0.15) is 11.6 Å². The molecule has 0 spiro atoms. The van der Waals surface area contributed by atoms with Gasteiger partial charge in [-0.3, -0.25) is 0 Å². The molecule has 0 saturated carbocycles. The summed E-state index contributed by atoms with van der Waals surface area (Å²) < 4.78 is 26.0. The molecule has 0 aliphatic carbocycles. The zero-order valence-electron chi connectivity index (χ0n) is 8.09. The molecule has 0 aliphatic heterocycles. The lowest BCUT2D eigenvalue weighted by atomic mass is 9.81. The lowest BCUT2D eigenvalue weighted by Crippen LogP contribution is -2.20. The van der Waals surface area contributed by atoms with Gasteiger partial charge in [-0.15, -0.1) is 0 Å². The Bertz CT molecular complexity index is 457. The van der Waals surface area contributed by atoms with Gasteiger partial charge in [-0.05, 0) is 13.0 Å². The van der Waals surface area contributed by atoms with Crippen LogP contribution in [0.3, 0.4) is 0 Å². The molecular formula is C11H8F2N2. The molecule has 0 aromatic heterocycles. The van der Waals surface area contributed by atoms with Gasteiger partial charge in [-0.25, -0.2) is 8.78 Å². The predicted octanol–water partition coefficient (Wildman–Crippen LogP) is 2.66. The molecule has 2 nitrogen and oxygen atoms in total. The number of hydrogen-bond donors (Lipinski definition) is 0. The number of benzene rings is 1. The van der Waals surface area contributed by atoms with Gasteiger partial charge in [0.25, 0.3) is 0 Å². The van der Waals surface area contributed by atoms with Crippen LogP contribution in [0.25, 0.3) is 0 Å². The Morgan fingerprint density at radius 3 is 2.47 bits per heavy atom. The van der Waals surface area contributed by atoms with Crippen molar-refractivity contribution in [2.45, 2.75) is 18.8 Å². The fraction of sp³-hybridized carbons (Fsp3) is 0.273. The van der Waals surface area contributed by atoms with Crippen molar-refractivity contribution in [2.75, 3.05) is 0 Å². The second kappa shape index (κ2) is 4.06. The van der Waals surface area contributed by atoms with Crippen molar-refractivity contribution < 1.29 is 8.78 Å². The van der Waals surface area contributed by atoms with Crippen molar-refractivity contribution in [3.05, 3.63) is 35.4 Å². The summed E-state index contributed by atoms with van der Waals surface area (Å²) in [4.78, 5) is 0. The highest BCUT2D eigenvalue weighted by molar-refractivity contribution is 5.34. The minimum absolute atomic E-state index is 0.0490. The Labute approximate surface area is 86.4 Å². The first kappa shape index (κ1) is 11.1. The molecular weight excluding hydrogens is 198 g/mol. The molecule has 1 unspecified atom stereocenters. The van der Waals surface area contributed by atoms with Gasteiger partial charge in [-0.1, -0.05) is 6.07 Å². The van der Waals surface area contributed by atoms with E-state index in [9.17, 15) is 8.78 Å². The molecule has 0 fully saturated rings. The fourth-order valence-electron chi connectivity index (χ4n) is 1.29. The first-order valence-corrected chi connectivity index (χ1v) is 4.27. The number of hydrogen-bond acceptors (Lipinski definition) is 2. The Morgan fingerprint density at radius 1 is 1.33 bits per heavy atom. The van der Waals surface area contributed by atoms with E-state index in [0.717, 1.165) is 6.07 Å². The van der Waals surface area contributed by atoms with Crippen molar-refractivity contribution in [2.24, 2.45) is 0 Å². The highest BCUT2D eigenvalue weighted by Gasteiger charge is 2.29. The number of halogens is 2. The first-order valence-electron chi connectivity index (χ1n) is 4.27. The van der Waals surface area contributed by atoms with Gasteiger partial charge in [0, 0.05) is 11.6 Å². The van der Waals surface area contributed by atoms with E-state index >= 15 is 0 Å². The topological polar surface area (TPSA) is 47.6 Å². The summed E-state index contributed by atoms with van der Waals surface area (Å²) in [5, 5.41) is 17.4. The van der Waals surface area contributed by atoms with Crippen LogP contribution in [0, 0.1) is 34.3 Å². The zero-order valence-corrected chi connectivity index (χ0v) is 8.09. The Balaban J connectivity index is 3.27. The number of nitrogens with zero attached hydrogens (tertiary/aromatic N) is 2. The van der Waals surface area contributed by atoms with E-state index in [-0.39, 0.29) is 12.0 Å². The molecule has 1 aromatic rings. The summed E-state index contributed by atoms with van der Waals surface area (Å²) in [7, 11) is 0. The molecule has 1 aromatic carbocycles. The average Bonchev–Trinajstić information content (AvgIpc) is 2.17. The first-order chi connectivity index (χ1) is 7.03. The molecule has 4 heteroatoms. The predicted molar refractivity (Wildman–Crippen MR) is 49.6 cm³/mol. The van der Waals surface area contributed by atoms with Crippen LogP contribution in [0.4, 0.5) is 8.78 Å². The van der Waals surface area contributed by atoms with Crippen LogP contribution in [-0.2, 0) is 5.41 Å². The van der Waals surface area contributed by atoms with Gasteiger partial charge in [0.15, 0.2) is 0 Å². The molecule has 0 heterocycles. The minimum Gasteiger partial charge on any atom is -0.207 e. The van der Waals surface area contributed by atoms with Crippen LogP contribution in [-0.4, -0.2) is 0 Å². The van der Waals surface area contributed by atoms with Gasteiger partial charge < -0.3 is 0 Å². The molecule has 0 aliphatic rings. The summed E-state index contributed by atoms with van der Waals surface area (Å²) in [5.74, 6) is -1.50. The largest absolute Gasteiger partial charge is 0.207 e. The highest BCUT2D eigenvalue weighted by Crippen LogP contribution is 2.29. The van der Waals surface area contributed by atoms with Gasteiger partial charge in [-0.2, -0.15) is 10.5 Å². The molecule has 0 saturated heterocycles. The van der Waals surface area contributed by atoms with E-state index in [1.54, 1.807) is 0 Å². The monoisotopic (exact) mass is 206 g/mol. The molecule has 0 radical (unpaired) electrons. The third-order valence-electron chi connectivity index (χ3n) is 2.20. The maximum Gasteiger partial charge on any atom is 0.130 e. The van der Waals surface area contributed by atoms with Gasteiger partial charge in [0.2, 0.25) is 0 Å². The van der Waals surface area contributed by atoms with Crippen molar-refractivity contribution in [1.29, 1.82) is 10.5 Å². The lowest BCUT2D eigenvalue weighted by molar-refractivity contribution is 0.528. The Morgan fingerprint density at radius 2 is 2.00 bits per heavy atom. The standard InChI is InChI=1S/C11H8F2N2/c1-11(7-15,4-5-14)9-3-2-8(12)6-10(9)13/h2-3,6H,4H2,1H3. The number of rotatable bonds is 2. The van der Waals surface area contributed by atoms with E-state index < -0.39 is 17.0 Å². The molecule has 0 amide bonds. The van der Waals surface area contributed by atoms with Crippen molar-refractivity contribution >= 4 is 0 Å². The van der Waals surface area contributed by atoms with Crippen molar-refractivity contribution in [1.82, 2.24) is 0 Å². The third-order valence-corrected chi connectivity index (χ3v) is 2.20. The van der Waals surface area contributed by atoms with E-state index in [1.807, 2.05) is 12.1 Å². The third kappa shape index (κ3) is 2.11. The normalized spacial score (nSPS) is 13.7. The van der Waals surface area contributed by atoms with Crippen LogP contribution >= 0.6 is 0 Å². The van der Waals surface area contributed by atoms with Crippen molar-refractivity contribution in [3.63, 3.8) is 0 Å². The molecule has 1 atom stereocenters. The quantitative estimate of drug-likeness (QED) is 0.746. The minimum atomic E-state index is -1.23. The fourth-order valence-corrected chi connectivity index (χ4v) is 1.29. The smallest absolute Gasteiger partial charge is 0.130 e. The van der Waals surface area contributed by atoms with Crippen LogP contribution < -0.4 is 0 Å². The highest BCUT2D eigenvalue weighted by atomic mass is 19.1. The average molecular weight is 206 g/mol. The summed E-state index contributed by atoms with van der Waals surface area (Å²) in [6.45, 7) is 1.45. The van der Waals surface area contributed by atoms with Crippen LogP contribution in [0.5, 0.6) is 0 Å². The van der Waals surface area contributed by atoms with Crippen LogP contribution in [0.2, 0.25) is 0 Å². The second-order valence-corrected chi connectivity index (χ2v) is 3.40. The second-order valence-electron chi connectivity index (χ2n) is 3.40. The maximum absolute atomic E-state index is 13.4.